The molecule has 22 heavy (non-hydrogen) atoms. The molecule has 0 radical (unpaired) electrons. The molecule has 2 rings (SSSR count). The van der Waals surface area contributed by atoms with E-state index in [9.17, 15) is 0 Å². The lowest BCUT2D eigenvalue weighted by atomic mass is 9.98. The van der Waals surface area contributed by atoms with Crippen LogP contribution in [-0.2, 0) is 13.0 Å². The van der Waals surface area contributed by atoms with Crippen LogP contribution in [0.4, 0.5) is 0 Å². The van der Waals surface area contributed by atoms with Crippen molar-refractivity contribution in [3.05, 3.63) is 65.7 Å². The minimum absolute atomic E-state index is 0.313. The van der Waals surface area contributed by atoms with Crippen LogP contribution in [0, 0.1) is 5.92 Å². The molecule has 0 bridgehead atoms. The van der Waals surface area contributed by atoms with Crippen LogP contribution in [0.25, 0.3) is 0 Å². The monoisotopic (exact) mass is 297 g/mol. The summed E-state index contributed by atoms with van der Waals surface area (Å²) in [5, 5.41) is 0. The van der Waals surface area contributed by atoms with Gasteiger partial charge in [0, 0.05) is 6.04 Å². The van der Waals surface area contributed by atoms with E-state index in [2.05, 4.69) is 50.2 Å². The molecule has 1 atom stereocenters. The largest absolute Gasteiger partial charge is 0.489 e. The predicted octanol–water partition coefficient (Wildman–Crippen LogP) is 4.57. The molecule has 2 nitrogen and oxygen atoms in total. The first-order valence-corrected chi connectivity index (χ1v) is 8.16. The Morgan fingerprint density at radius 1 is 0.909 bits per heavy atom. The fraction of sp³-hybridized carbons (Fsp3) is 0.400. The molecule has 0 aromatic heterocycles. The van der Waals surface area contributed by atoms with Crippen molar-refractivity contribution in [3.63, 3.8) is 0 Å². The summed E-state index contributed by atoms with van der Waals surface area (Å²) >= 11 is 0. The van der Waals surface area contributed by atoms with Crippen LogP contribution in [0.15, 0.2) is 54.6 Å². The molecule has 2 N–H and O–H groups in total. The van der Waals surface area contributed by atoms with E-state index in [0.29, 0.717) is 18.6 Å². The SMILES string of the molecule is CC(C)C(N)CCCc1ccc(OCc2ccccc2)cc1. The summed E-state index contributed by atoms with van der Waals surface area (Å²) in [5.41, 5.74) is 8.62. The van der Waals surface area contributed by atoms with E-state index in [1.807, 2.05) is 18.2 Å². The Balaban J connectivity index is 1.75. The zero-order chi connectivity index (χ0) is 15.8. The van der Waals surface area contributed by atoms with Gasteiger partial charge >= 0.3 is 0 Å². The van der Waals surface area contributed by atoms with Gasteiger partial charge in [0.2, 0.25) is 0 Å². The zero-order valence-corrected chi connectivity index (χ0v) is 13.7. The van der Waals surface area contributed by atoms with Gasteiger partial charge in [0.15, 0.2) is 0 Å². The number of benzene rings is 2. The van der Waals surface area contributed by atoms with Crippen LogP contribution in [0.5, 0.6) is 5.75 Å². The van der Waals surface area contributed by atoms with Gasteiger partial charge in [0.25, 0.3) is 0 Å². The van der Waals surface area contributed by atoms with Crippen molar-refractivity contribution in [1.82, 2.24) is 0 Å². The van der Waals surface area contributed by atoms with E-state index in [0.717, 1.165) is 25.0 Å². The van der Waals surface area contributed by atoms with Crippen LogP contribution >= 0.6 is 0 Å². The molecular weight excluding hydrogens is 270 g/mol. The summed E-state index contributed by atoms with van der Waals surface area (Å²) in [5.74, 6) is 1.49. The Kier molecular flexibility index (Phi) is 6.47. The van der Waals surface area contributed by atoms with Gasteiger partial charge in [-0.25, -0.2) is 0 Å². The van der Waals surface area contributed by atoms with Crippen molar-refractivity contribution in [3.8, 4) is 5.75 Å². The van der Waals surface area contributed by atoms with Crippen molar-refractivity contribution in [2.45, 2.75) is 45.8 Å². The number of nitrogens with two attached hydrogens (primary N) is 1. The minimum atomic E-state index is 0.313. The Morgan fingerprint density at radius 3 is 2.23 bits per heavy atom. The van der Waals surface area contributed by atoms with E-state index in [1.165, 1.54) is 11.1 Å². The molecule has 1 unspecified atom stereocenters. The third kappa shape index (κ3) is 5.53. The quantitative estimate of drug-likeness (QED) is 0.774. The lowest BCUT2D eigenvalue weighted by Crippen LogP contribution is -2.26. The molecule has 0 amide bonds. The maximum atomic E-state index is 6.08. The molecule has 0 fully saturated rings. The van der Waals surface area contributed by atoms with Crippen molar-refractivity contribution in [1.29, 1.82) is 0 Å². The van der Waals surface area contributed by atoms with Gasteiger partial charge < -0.3 is 10.5 Å². The molecule has 0 saturated heterocycles. The number of hydrogen-bond acceptors (Lipinski definition) is 2. The number of hydrogen-bond donors (Lipinski definition) is 1. The highest BCUT2D eigenvalue weighted by Crippen LogP contribution is 2.16. The fourth-order valence-electron chi connectivity index (χ4n) is 2.37. The normalized spacial score (nSPS) is 12.4. The minimum Gasteiger partial charge on any atom is -0.489 e. The number of aryl methyl sites for hydroxylation is 1. The van der Waals surface area contributed by atoms with Crippen LogP contribution < -0.4 is 10.5 Å². The maximum Gasteiger partial charge on any atom is 0.119 e. The summed E-state index contributed by atoms with van der Waals surface area (Å²) < 4.78 is 5.80. The molecule has 2 aromatic carbocycles. The molecule has 0 aliphatic rings. The highest BCUT2D eigenvalue weighted by molar-refractivity contribution is 5.27. The van der Waals surface area contributed by atoms with Gasteiger partial charge in [0.05, 0.1) is 0 Å². The van der Waals surface area contributed by atoms with Crippen LogP contribution in [-0.4, -0.2) is 6.04 Å². The molecule has 0 aliphatic heterocycles. The molecule has 0 heterocycles. The van der Waals surface area contributed by atoms with Crippen molar-refractivity contribution >= 4 is 0 Å². The van der Waals surface area contributed by atoms with E-state index >= 15 is 0 Å². The van der Waals surface area contributed by atoms with Gasteiger partial charge in [0.1, 0.15) is 12.4 Å². The first-order chi connectivity index (χ1) is 10.6. The van der Waals surface area contributed by atoms with E-state index in [4.69, 9.17) is 10.5 Å². The fourth-order valence-corrected chi connectivity index (χ4v) is 2.37. The molecule has 118 valence electrons. The maximum absolute atomic E-state index is 6.08. The highest BCUT2D eigenvalue weighted by Gasteiger charge is 2.06. The highest BCUT2D eigenvalue weighted by atomic mass is 16.5. The van der Waals surface area contributed by atoms with E-state index < -0.39 is 0 Å². The standard InChI is InChI=1S/C20H27NO/c1-16(2)20(21)10-6-9-17-11-13-19(14-12-17)22-15-18-7-4-3-5-8-18/h3-5,7-8,11-14,16,20H,6,9-10,15,21H2,1-2H3. The summed E-state index contributed by atoms with van der Waals surface area (Å²) in [6.45, 7) is 4.98. The molecule has 0 aliphatic carbocycles. The second kappa shape index (κ2) is 8.60. The third-order valence-corrected chi connectivity index (χ3v) is 4.03. The Labute approximate surface area is 134 Å². The lowest BCUT2D eigenvalue weighted by Gasteiger charge is -2.15. The molecular formula is C20H27NO. The average Bonchev–Trinajstić information content (AvgIpc) is 2.55. The number of ether oxygens (including phenoxy) is 1. The number of rotatable bonds is 8. The summed E-state index contributed by atoms with van der Waals surface area (Å²) in [4.78, 5) is 0. The lowest BCUT2D eigenvalue weighted by molar-refractivity contribution is 0.306. The Bertz CT molecular complexity index is 533. The van der Waals surface area contributed by atoms with Crippen LogP contribution in [0.3, 0.4) is 0 Å². The van der Waals surface area contributed by atoms with E-state index in [1.54, 1.807) is 0 Å². The predicted molar refractivity (Wildman–Crippen MR) is 93.0 cm³/mol. The first kappa shape index (κ1) is 16.6. The van der Waals surface area contributed by atoms with Crippen molar-refractivity contribution in [2.75, 3.05) is 0 Å². The summed E-state index contributed by atoms with van der Waals surface area (Å²) in [7, 11) is 0. The third-order valence-electron chi connectivity index (χ3n) is 4.03. The summed E-state index contributed by atoms with van der Waals surface area (Å²) in [6.07, 6.45) is 3.31. The summed E-state index contributed by atoms with van der Waals surface area (Å²) in [6, 6.07) is 19.0. The van der Waals surface area contributed by atoms with Crippen LogP contribution in [0.2, 0.25) is 0 Å². The van der Waals surface area contributed by atoms with Gasteiger partial charge in [-0.1, -0.05) is 56.3 Å². The van der Waals surface area contributed by atoms with E-state index in [-0.39, 0.29) is 0 Å². The molecule has 2 heteroatoms. The topological polar surface area (TPSA) is 35.2 Å². The van der Waals surface area contributed by atoms with Crippen molar-refractivity contribution < 1.29 is 4.74 Å². The van der Waals surface area contributed by atoms with Crippen molar-refractivity contribution in [2.24, 2.45) is 11.7 Å². The zero-order valence-electron chi connectivity index (χ0n) is 13.7. The second-order valence-corrected chi connectivity index (χ2v) is 6.22. The molecule has 0 spiro atoms. The van der Waals surface area contributed by atoms with Gasteiger partial charge in [-0.2, -0.15) is 0 Å². The van der Waals surface area contributed by atoms with Gasteiger partial charge in [-0.05, 0) is 48.4 Å². The average molecular weight is 297 g/mol. The Hall–Kier alpha value is -1.80. The smallest absolute Gasteiger partial charge is 0.119 e. The van der Waals surface area contributed by atoms with Crippen LogP contribution in [0.1, 0.15) is 37.8 Å². The Morgan fingerprint density at radius 2 is 1.59 bits per heavy atom. The first-order valence-electron chi connectivity index (χ1n) is 8.16. The molecule has 2 aromatic rings. The van der Waals surface area contributed by atoms with Gasteiger partial charge in [-0.3, -0.25) is 0 Å². The molecule has 0 saturated carbocycles. The second-order valence-electron chi connectivity index (χ2n) is 6.22. The van der Waals surface area contributed by atoms with Gasteiger partial charge in [-0.15, -0.1) is 0 Å².